The predicted molar refractivity (Wildman–Crippen MR) is 79.5 cm³/mol. The lowest BCUT2D eigenvalue weighted by Crippen LogP contribution is -2.17. The van der Waals surface area contributed by atoms with Crippen LogP contribution >= 0.6 is 0 Å². The minimum atomic E-state index is 0.733. The first kappa shape index (κ1) is 13.8. The molecule has 0 aliphatic heterocycles. The third-order valence-corrected chi connectivity index (χ3v) is 3.17. The summed E-state index contributed by atoms with van der Waals surface area (Å²) in [5, 5.41) is 4.55. The Hall–Kier alpha value is -1.61. The van der Waals surface area contributed by atoms with E-state index < -0.39 is 0 Å². The van der Waals surface area contributed by atoms with E-state index in [4.69, 9.17) is 4.74 Å². The van der Waals surface area contributed by atoms with E-state index in [1.54, 1.807) is 7.11 Å². The average Bonchev–Trinajstić information content (AvgIpc) is 2.42. The predicted octanol–water partition coefficient (Wildman–Crippen LogP) is 3.38. The fourth-order valence-electron chi connectivity index (χ4n) is 2.03. The highest BCUT2D eigenvalue weighted by Gasteiger charge is 2.04. The lowest BCUT2D eigenvalue weighted by molar-refractivity contribution is 0.418. The summed E-state index contributed by atoms with van der Waals surface area (Å²) in [6, 6.07) is 10.2. The zero-order valence-electron chi connectivity index (χ0n) is 11.9. The Morgan fingerprint density at radius 3 is 2.79 bits per heavy atom. The maximum Gasteiger partial charge on any atom is 0.145 e. The molecule has 0 fully saturated rings. The molecule has 1 heterocycles. The standard InChI is InChI=1S/C16H22N2O/c1-12(2)9-10-17-11-14-8-7-13-5-4-6-15(19-3)16(13)18-14/h4-8,12,17H,9-11H2,1-3H3. The van der Waals surface area contributed by atoms with Gasteiger partial charge in [0.05, 0.1) is 12.8 Å². The number of aromatic nitrogens is 1. The highest BCUT2D eigenvalue weighted by molar-refractivity contribution is 5.84. The van der Waals surface area contributed by atoms with Gasteiger partial charge >= 0.3 is 0 Å². The molecule has 0 unspecified atom stereocenters. The molecule has 0 bridgehead atoms. The van der Waals surface area contributed by atoms with Crippen molar-refractivity contribution in [2.75, 3.05) is 13.7 Å². The van der Waals surface area contributed by atoms with Crippen LogP contribution in [-0.2, 0) is 6.54 Å². The van der Waals surface area contributed by atoms with Crippen LogP contribution in [0.4, 0.5) is 0 Å². The van der Waals surface area contributed by atoms with Gasteiger partial charge in [-0.2, -0.15) is 0 Å². The van der Waals surface area contributed by atoms with E-state index in [-0.39, 0.29) is 0 Å². The summed E-state index contributed by atoms with van der Waals surface area (Å²) in [6.45, 7) is 6.31. The monoisotopic (exact) mass is 258 g/mol. The number of methoxy groups -OCH3 is 1. The number of pyridine rings is 1. The van der Waals surface area contributed by atoms with Crippen molar-refractivity contribution in [1.82, 2.24) is 10.3 Å². The van der Waals surface area contributed by atoms with Gasteiger partial charge in [0, 0.05) is 11.9 Å². The molecule has 0 radical (unpaired) electrons. The molecule has 0 saturated heterocycles. The number of nitrogens with one attached hydrogen (secondary N) is 1. The zero-order chi connectivity index (χ0) is 13.7. The van der Waals surface area contributed by atoms with Crippen LogP contribution in [0.15, 0.2) is 30.3 Å². The molecule has 2 aromatic rings. The van der Waals surface area contributed by atoms with Crippen molar-refractivity contribution in [3.8, 4) is 5.75 Å². The number of hydrogen-bond donors (Lipinski definition) is 1. The minimum absolute atomic E-state index is 0.733. The van der Waals surface area contributed by atoms with Crippen LogP contribution in [0.5, 0.6) is 5.75 Å². The van der Waals surface area contributed by atoms with Crippen LogP contribution in [0.2, 0.25) is 0 Å². The maximum atomic E-state index is 5.36. The lowest BCUT2D eigenvalue weighted by Gasteiger charge is -2.09. The van der Waals surface area contributed by atoms with E-state index in [9.17, 15) is 0 Å². The molecule has 0 spiro atoms. The molecule has 19 heavy (non-hydrogen) atoms. The molecular formula is C16H22N2O. The molecule has 1 aromatic carbocycles. The second kappa shape index (κ2) is 6.53. The smallest absolute Gasteiger partial charge is 0.145 e. The van der Waals surface area contributed by atoms with Gasteiger partial charge in [-0.3, -0.25) is 0 Å². The van der Waals surface area contributed by atoms with Crippen molar-refractivity contribution in [3.63, 3.8) is 0 Å². The van der Waals surface area contributed by atoms with Crippen molar-refractivity contribution in [2.24, 2.45) is 5.92 Å². The van der Waals surface area contributed by atoms with E-state index in [1.165, 1.54) is 6.42 Å². The van der Waals surface area contributed by atoms with Gasteiger partial charge in [0.1, 0.15) is 11.3 Å². The number of para-hydroxylation sites is 1. The molecule has 0 amide bonds. The Kier molecular flexibility index (Phi) is 4.74. The molecule has 0 aliphatic carbocycles. The van der Waals surface area contributed by atoms with Crippen molar-refractivity contribution in [3.05, 3.63) is 36.0 Å². The first-order chi connectivity index (χ1) is 9.20. The summed E-state index contributed by atoms with van der Waals surface area (Å²) in [5.74, 6) is 1.57. The fourth-order valence-corrected chi connectivity index (χ4v) is 2.03. The molecule has 3 heteroatoms. The number of fused-ring (bicyclic) bond motifs is 1. The summed E-state index contributed by atoms with van der Waals surface area (Å²) in [5.41, 5.74) is 1.99. The van der Waals surface area contributed by atoms with E-state index in [2.05, 4.69) is 42.3 Å². The van der Waals surface area contributed by atoms with E-state index in [0.717, 1.165) is 41.4 Å². The lowest BCUT2D eigenvalue weighted by atomic mass is 10.1. The van der Waals surface area contributed by atoms with E-state index in [0.29, 0.717) is 0 Å². The molecule has 0 aliphatic rings. The molecule has 0 saturated carbocycles. The van der Waals surface area contributed by atoms with Crippen molar-refractivity contribution in [2.45, 2.75) is 26.8 Å². The van der Waals surface area contributed by atoms with Crippen LogP contribution in [0.1, 0.15) is 26.0 Å². The number of hydrogen-bond acceptors (Lipinski definition) is 3. The highest BCUT2D eigenvalue weighted by Crippen LogP contribution is 2.23. The van der Waals surface area contributed by atoms with Gasteiger partial charge in [0.25, 0.3) is 0 Å². The number of benzene rings is 1. The van der Waals surface area contributed by atoms with Gasteiger partial charge in [-0.25, -0.2) is 4.98 Å². The van der Waals surface area contributed by atoms with Crippen LogP contribution in [0.25, 0.3) is 10.9 Å². The Labute approximate surface area is 115 Å². The van der Waals surface area contributed by atoms with Gasteiger partial charge in [-0.1, -0.05) is 32.0 Å². The normalized spacial score (nSPS) is 11.2. The van der Waals surface area contributed by atoms with Gasteiger partial charge in [-0.15, -0.1) is 0 Å². The molecule has 1 N–H and O–H groups in total. The number of rotatable bonds is 6. The van der Waals surface area contributed by atoms with E-state index >= 15 is 0 Å². The molecule has 3 nitrogen and oxygen atoms in total. The Morgan fingerprint density at radius 2 is 2.05 bits per heavy atom. The Bertz CT molecular complexity index is 537. The Balaban J connectivity index is 2.08. The Morgan fingerprint density at radius 1 is 1.21 bits per heavy atom. The fraction of sp³-hybridized carbons (Fsp3) is 0.438. The van der Waals surface area contributed by atoms with Crippen molar-refractivity contribution >= 4 is 10.9 Å². The van der Waals surface area contributed by atoms with Crippen molar-refractivity contribution < 1.29 is 4.74 Å². The second-order valence-corrected chi connectivity index (χ2v) is 5.19. The van der Waals surface area contributed by atoms with Gasteiger partial charge in [-0.05, 0) is 31.0 Å². The summed E-state index contributed by atoms with van der Waals surface area (Å²) < 4.78 is 5.36. The van der Waals surface area contributed by atoms with Crippen LogP contribution < -0.4 is 10.1 Å². The molecule has 2 rings (SSSR count). The maximum absolute atomic E-state index is 5.36. The summed E-state index contributed by atoms with van der Waals surface area (Å²) in [4.78, 5) is 4.68. The zero-order valence-corrected chi connectivity index (χ0v) is 11.9. The largest absolute Gasteiger partial charge is 0.494 e. The molecular weight excluding hydrogens is 236 g/mol. The minimum Gasteiger partial charge on any atom is -0.494 e. The molecule has 1 aromatic heterocycles. The summed E-state index contributed by atoms with van der Waals surface area (Å²) >= 11 is 0. The third kappa shape index (κ3) is 3.67. The topological polar surface area (TPSA) is 34.1 Å². The number of nitrogens with zero attached hydrogens (tertiary/aromatic N) is 1. The van der Waals surface area contributed by atoms with Crippen molar-refractivity contribution in [1.29, 1.82) is 0 Å². The first-order valence-corrected chi connectivity index (χ1v) is 6.84. The SMILES string of the molecule is COc1cccc2ccc(CNCCC(C)C)nc12. The van der Waals surface area contributed by atoms with Crippen LogP contribution in [0.3, 0.4) is 0 Å². The van der Waals surface area contributed by atoms with Crippen LogP contribution in [0, 0.1) is 5.92 Å². The molecule has 102 valence electrons. The summed E-state index contributed by atoms with van der Waals surface area (Å²) in [6.07, 6.45) is 1.19. The highest BCUT2D eigenvalue weighted by atomic mass is 16.5. The second-order valence-electron chi connectivity index (χ2n) is 5.19. The summed E-state index contributed by atoms with van der Waals surface area (Å²) in [7, 11) is 1.68. The van der Waals surface area contributed by atoms with Gasteiger partial charge < -0.3 is 10.1 Å². The van der Waals surface area contributed by atoms with Crippen LogP contribution in [-0.4, -0.2) is 18.6 Å². The van der Waals surface area contributed by atoms with Gasteiger partial charge in [0.2, 0.25) is 0 Å². The van der Waals surface area contributed by atoms with Gasteiger partial charge in [0.15, 0.2) is 0 Å². The number of ether oxygens (including phenoxy) is 1. The first-order valence-electron chi connectivity index (χ1n) is 6.84. The quantitative estimate of drug-likeness (QED) is 0.807. The molecule has 0 atom stereocenters. The third-order valence-electron chi connectivity index (χ3n) is 3.17. The van der Waals surface area contributed by atoms with E-state index in [1.807, 2.05) is 12.1 Å². The average molecular weight is 258 g/mol.